The number of nitrogens with one attached hydrogen (secondary N) is 1. The van der Waals surface area contributed by atoms with Crippen LogP contribution in [0.5, 0.6) is 0 Å². The quantitative estimate of drug-likeness (QED) is 0.750. The fraction of sp³-hybridized carbons (Fsp3) is 0.923. The van der Waals surface area contributed by atoms with Gasteiger partial charge in [0.2, 0.25) is 0 Å². The smallest absolute Gasteiger partial charge is 0.156 e. The Morgan fingerprint density at radius 2 is 2.17 bits per heavy atom. The van der Waals surface area contributed by atoms with E-state index in [9.17, 15) is 0 Å². The van der Waals surface area contributed by atoms with E-state index < -0.39 is 0 Å². The first-order valence-electron chi connectivity index (χ1n) is 6.90. The topological polar surface area (TPSA) is 42.9 Å². The second-order valence-electron chi connectivity index (χ2n) is 4.90. The van der Waals surface area contributed by atoms with Crippen molar-refractivity contribution < 1.29 is 9.47 Å². The van der Waals surface area contributed by atoms with E-state index in [1.807, 2.05) is 11.8 Å². The summed E-state index contributed by atoms with van der Waals surface area (Å²) in [6.07, 6.45) is 5.47. The lowest BCUT2D eigenvalue weighted by Gasteiger charge is -2.36. The summed E-state index contributed by atoms with van der Waals surface area (Å²) < 4.78 is 10.3. The Kier molecular flexibility index (Phi) is 6.31. The van der Waals surface area contributed by atoms with Crippen molar-refractivity contribution in [3.63, 3.8) is 0 Å². The minimum atomic E-state index is 0.659. The van der Waals surface area contributed by atoms with Crippen molar-refractivity contribution in [1.29, 1.82) is 0 Å². The minimum absolute atomic E-state index is 0.659. The monoisotopic (exact) mass is 272 g/mol. The van der Waals surface area contributed by atoms with Gasteiger partial charge in [-0.15, -0.1) is 0 Å². The molecule has 0 spiro atoms. The second-order valence-corrected chi connectivity index (χ2v) is 5.91. The molecule has 1 saturated carbocycles. The van der Waals surface area contributed by atoms with Gasteiger partial charge in [-0.2, -0.15) is 0 Å². The zero-order valence-corrected chi connectivity index (χ0v) is 12.0. The molecule has 0 radical (unpaired) electrons. The molecule has 5 heteroatoms. The molecule has 104 valence electrons. The number of nitrogens with zero attached hydrogens (tertiary/aromatic N) is 1. The molecule has 0 aromatic rings. The van der Waals surface area contributed by atoms with Crippen LogP contribution < -0.4 is 5.32 Å². The molecule has 1 heterocycles. The van der Waals surface area contributed by atoms with Crippen molar-refractivity contribution in [2.45, 2.75) is 31.7 Å². The van der Waals surface area contributed by atoms with Crippen LogP contribution in [-0.2, 0) is 9.47 Å². The predicted octanol–water partition coefficient (Wildman–Crippen LogP) is 1.90. The van der Waals surface area contributed by atoms with E-state index in [4.69, 9.17) is 9.47 Å². The molecule has 1 aliphatic heterocycles. The molecule has 0 aromatic carbocycles. The average Bonchev–Trinajstić information content (AvgIpc) is 2.42. The molecule has 2 aliphatic rings. The first kappa shape index (κ1) is 14.2. The van der Waals surface area contributed by atoms with E-state index in [2.05, 4.69) is 10.3 Å². The van der Waals surface area contributed by atoms with Crippen LogP contribution in [0.1, 0.15) is 25.7 Å². The third kappa shape index (κ3) is 4.44. The summed E-state index contributed by atoms with van der Waals surface area (Å²) >= 11 is 1.88. The van der Waals surface area contributed by atoms with E-state index in [0.29, 0.717) is 25.9 Å². The average molecular weight is 272 g/mol. The Morgan fingerprint density at radius 1 is 1.28 bits per heavy atom. The third-order valence-electron chi connectivity index (χ3n) is 3.57. The van der Waals surface area contributed by atoms with Crippen molar-refractivity contribution >= 4 is 16.9 Å². The molecule has 1 N–H and O–H groups in total. The summed E-state index contributed by atoms with van der Waals surface area (Å²) in [5, 5.41) is 4.71. The number of hydrogen-bond acceptors (Lipinski definition) is 4. The maximum absolute atomic E-state index is 5.40. The summed E-state index contributed by atoms with van der Waals surface area (Å²) in [7, 11) is 1.69. The van der Waals surface area contributed by atoms with Crippen molar-refractivity contribution in [1.82, 2.24) is 5.32 Å². The minimum Gasteiger partial charge on any atom is -0.382 e. The van der Waals surface area contributed by atoms with E-state index in [-0.39, 0.29) is 0 Å². The normalized spacial score (nSPS) is 29.9. The van der Waals surface area contributed by atoms with E-state index >= 15 is 0 Å². The summed E-state index contributed by atoms with van der Waals surface area (Å²) in [5.41, 5.74) is 0. The zero-order valence-electron chi connectivity index (χ0n) is 11.2. The highest BCUT2D eigenvalue weighted by atomic mass is 32.2. The van der Waals surface area contributed by atoms with Gasteiger partial charge in [-0.05, 0) is 18.8 Å². The first-order valence-corrected chi connectivity index (χ1v) is 7.89. The third-order valence-corrected chi connectivity index (χ3v) is 4.69. The Balaban J connectivity index is 1.63. The molecule has 18 heavy (non-hydrogen) atoms. The lowest BCUT2D eigenvalue weighted by molar-refractivity contribution is 0.0748. The Bertz CT molecular complexity index is 274. The molecule has 1 saturated heterocycles. The number of hydrogen-bond donors (Lipinski definition) is 1. The molecule has 2 fully saturated rings. The van der Waals surface area contributed by atoms with Crippen LogP contribution in [0, 0.1) is 5.92 Å². The van der Waals surface area contributed by atoms with Gasteiger partial charge in [0.05, 0.1) is 26.4 Å². The van der Waals surface area contributed by atoms with Gasteiger partial charge in [0, 0.05) is 18.9 Å². The summed E-state index contributed by atoms with van der Waals surface area (Å²) in [5.74, 6) is 2.10. The number of aliphatic imine (C=N–C) groups is 1. The maximum Gasteiger partial charge on any atom is 0.156 e. The van der Waals surface area contributed by atoms with Gasteiger partial charge < -0.3 is 14.8 Å². The highest BCUT2D eigenvalue weighted by molar-refractivity contribution is 8.13. The van der Waals surface area contributed by atoms with Crippen LogP contribution in [0.25, 0.3) is 0 Å². The van der Waals surface area contributed by atoms with Crippen LogP contribution in [0.15, 0.2) is 4.99 Å². The van der Waals surface area contributed by atoms with Gasteiger partial charge in [-0.3, -0.25) is 4.99 Å². The van der Waals surface area contributed by atoms with Gasteiger partial charge in [0.15, 0.2) is 5.17 Å². The SMILES string of the molecule is COCCOCCN=C1NC2CCCCC2CS1. The summed E-state index contributed by atoms with van der Waals surface area (Å²) in [6, 6.07) is 0.674. The standard InChI is InChI=1S/C13H24N2O2S/c1-16-8-9-17-7-6-14-13-15-12-5-3-2-4-11(12)10-18-13/h11-12H,2-10H2,1H3,(H,14,15). The van der Waals surface area contributed by atoms with Crippen LogP contribution in [-0.4, -0.2) is 50.4 Å². The zero-order chi connectivity index (χ0) is 12.6. The van der Waals surface area contributed by atoms with Gasteiger partial charge >= 0.3 is 0 Å². The molecule has 2 rings (SSSR count). The Hall–Kier alpha value is -0.260. The summed E-state index contributed by atoms with van der Waals surface area (Å²) in [6.45, 7) is 2.75. The first-order chi connectivity index (χ1) is 8.90. The number of amidine groups is 1. The maximum atomic E-state index is 5.40. The summed E-state index contributed by atoms with van der Waals surface area (Å²) in [4.78, 5) is 4.57. The molecule has 2 atom stereocenters. The molecular weight excluding hydrogens is 248 g/mol. The fourth-order valence-electron chi connectivity index (χ4n) is 2.53. The van der Waals surface area contributed by atoms with Crippen molar-refractivity contribution in [2.24, 2.45) is 10.9 Å². The van der Waals surface area contributed by atoms with Gasteiger partial charge in [0.25, 0.3) is 0 Å². The number of rotatable bonds is 6. The highest BCUT2D eigenvalue weighted by Gasteiger charge is 2.29. The Labute approximate surface area is 114 Å². The molecule has 0 amide bonds. The number of fused-ring (bicyclic) bond motifs is 1. The molecule has 2 unspecified atom stereocenters. The van der Waals surface area contributed by atoms with Gasteiger partial charge in [0.1, 0.15) is 0 Å². The highest BCUT2D eigenvalue weighted by Crippen LogP contribution is 2.31. The largest absolute Gasteiger partial charge is 0.382 e. The van der Waals surface area contributed by atoms with Gasteiger partial charge in [-0.1, -0.05) is 24.6 Å². The Morgan fingerprint density at radius 3 is 3.06 bits per heavy atom. The lowest BCUT2D eigenvalue weighted by Crippen LogP contribution is -2.46. The molecule has 0 bridgehead atoms. The number of thioether (sulfide) groups is 1. The van der Waals surface area contributed by atoms with Crippen LogP contribution in [0.2, 0.25) is 0 Å². The molecular formula is C13H24N2O2S. The van der Waals surface area contributed by atoms with E-state index in [1.54, 1.807) is 7.11 Å². The number of methoxy groups -OCH3 is 1. The molecule has 1 aliphatic carbocycles. The molecule has 4 nitrogen and oxygen atoms in total. The predicted molar refractivity (Wildman–Crippen MR) is 76.3 cm³/mol. The van der Waals surface area contributed by atoms with E-state index in [1.165, 1.54) is 31.4 Å². The van der Waals surface area contributed by atoms with Gasteiger partial charge in [-0.25, -0.2) is 0 Å². The number of ether oxygens (including phenoxy) is 2. The van der Waals surface area contributed by atoms with E-state index in [0.717, 1.165) is 17.6 Å². The van der Waals surface area contributed by atoms with Crippen LogP contribution in [0.3, 0.4) is 0 Å². The second kappa shape index (κ2) is 8.02. The lowest BCUT2D eigenvalue weighted by atomic mass is 9.86. The fourth-order valence-corrected chi connectivity index (χ4v) is 3.72. The van der Waals surface area contributed by atoms with Crippen molar-refractivity contribution in [2.75, 3.05) is 39.2 Å². The van der Waals surface area contributed by atoms with Crippen LogP contribution in [0.4, 0.5) is 0 Å². The molecule has 0 aromatic heterocycles. The van der Waals surface area contributed by atoms with Crippen molar-refractivity contribution in [3.05, 3.63) is 0 Å². The van der Waals surface area contributed by atoms with Crippen molar-refractivity contribution in [3.8, 4) is 0 Å². The van der Waals surface area contributed by atoms with Crippen LogP contribution >= 0.6 is 11.8 Å².